The average Bonchev–Trinajstić information content (AvgIpc) is 2.73. The van der Waals surface area contributed by atoms with Gasteiger partial charge in [-0.3, -0.25) is 4.90 Å². The molecule has 2 heterocycles. The molecule has 3 unspecified atom stereocenters. The van der Waals surface area contributed by atoms with Crippen LogP contribution in [0.25, 0.3) is 0 Å². The number of rotatable bonds is 2. The van der Waals surface area contributed by atoms with E-state index in [-0.39, 0.29) is 6.61 Å². The van der Waals surface area contributed by atoms with Crippen molar-refractivity contribution in [3.63, 3.8) is 0 Å². The lowest BCUT2D eigenvalue weighted by Gasteiger charge is -2.43. The van der Waals surface area contributed by atoms with E-state index in [1.165, 1.54) is 22.3 Å². The fourth-order valence-electron chi connectivity index (χ4n) is 4.35. The Morgan fingerprint density at radius 1 is 1.00 bits per heavy atom. The first-order chi connectivity index (χ1) is 10.3. The van der Waals surface area contributed by atoms with E-state index in [0.29, 0.717) is 18.0 Å². The van der Waals surface area contributed by atoms with Gasteiger partial charge >= 0.3 is 0 Å². The van der Waals surface area contributed by atoms with E-state index in [2.05, 4.69) is 60.5 Å². The van der Waals surface area contributed by atoms with Crippen LogP contribution in [0.2, 0.25) is 0 Å². The van der Waals surface area contributed by atoms with Crippen molar-refractivity contribution in [3.05, 3.63) is 70.8 Å². The van der Waals surface area contributed by atoms with Crippen molar-refractivity contribution in [2.45, 2.75) is 30.8 Å². The Morgan fingerprint density at radius 2 is 1.67 bits per heavy atom. The Hall–Kier alpha value is -1.64. The van der Waals surface area contributed by atoms with E-state index >= 15 is 0 Å². The molecule has 3 atom stereocenters. The van der Waals surface area contributed by atoms with E-state index in [1.807, 2.05) is 0 Å². The molecular formula is C19H21NO. The molecular weight excluding hydrogens is 258 g/mol. The van der Waals surface area contributed by atoms with Crippen LogP contribution in [-0.4, -0.2) is 29.7 Å². The second kappa shape index (κ2) is 4.97. The van der Waals surface area contributed by atoms with E-state index < -0.39 is 0 Å². The highest BCUT2D eigenvalue weighted by atomic mass is 16.3. The standard InChI is InChI=1S/C19H21NO/c1-20-17(10-11-21)19-14-7-3-2-6-13(14)12-18(20)15-8-4-5-9-16(15)19/h2-9,17-19,21H,10-12H2,1H3. The first kappa shape index (κ1) is 13.1. The molecule has 2 heteroatoms. The van der Waals surface area contributed by atoms with Gasteiger partial charge in [-0.2, -0.15) is 0 Å². The van der Waals surface area contributed by atoms with Crippen molar-refractivity contribution < 1.29 is 5.11 Å². The quantitative estimate of drug-likeness (QED) is 0.913. The summed E-state index contributed by atoms with van der Waals surface area (Å²) in [5.74, 6) is 0.383. The Bertz CT molecular complexity index is 666. The molecule has 2 aromatic carbocycles. The van der Waals surface area contributed by atoms with Gasteiger partial charge < -0.3 is 5.11 Å². The minimum atomic E-state index is 0.253. The van der Waals surface area contributed by atoms with Crippen LogP contribution in [0.5, 0.6) is 0 Å². The van der Waals surface area contributed by atoms with Gasteiger partial charge in [0.1, 0.15) is 0 Å². The van der Waals surface area contributed by atoms with Crippen molar-refractivity contribution in [1.82, 2.24) is 4.90 Å². The SMILES string of the molecule is CN1C2Cc3ccccc3C(c3ccccc32)C1CCO. The van der Waals surface area contributed by atoms with Crippen LogP contribution in [-0.2, 0) is 6.42 Å². The summed E-state index contributed by atoms with van der Waals surface area (Å²) in [4.78, 5) is 2.49. The minimum Gasteiger partial charge on any atom is -0.396 e. The van der Waals surface area contributed by atoms with Crippen molar-refractivity contribution in [1.29, 1.82) is 0 Å². The molecule has 2 aliphatic heterocycles. The second-order valence-corrected chi connectivity index (χ2v) is 6.27. The highest BCUT2D eigenvalue weighted by Gasteiger charge is 2.42. The molecule has 0 saturated carbocycles. The van der Waals surface area contributed by atoms with Crippen molar-refractivity contribution in [2.24, 2.45) is 0 Å². The normalized spacial score (nSPS) is 27.0. The fraction of sp³-hybridized carbons (Fsp3) is 0.368. The van der Waals surface area contributed by atoms with Crippen LogP contribution in [0.3, 0.4) is 0 Å². The minimum absolute atomic E-state index is 0.253. The van der Waals surface area contributed by atoms with E-state index in [4.69, 9.17) is 0 Å². The predicted molar refractivity (Wildman–Crippen MR) is 84.4 cm³/mol. The van der Waals surface area contributed by atoms with Crippen molar-refractivity contribution in [3.8, 4) is 0 Å². The highest BCUT2D eigenvalue weighted by molar-refractivity contribution is 5.50. The van der Waals surface area contributed by atoms with Gasteiger partial charge in [-0.1, -0.05) is 48.5 Å². The van der Waals surface area contributed by atoms with Gasteiger partial charge in [-0.15, -0.1) is 0 Å². The van der Waals surface area contributed by atoms with Crippen LogP contribution in [0.4, 0.5) is 0 Å². The zero-order valence-electron chi connectivity index (χ0n) is 12.4. The van der Waals surface area contributed by atoms with Crippen LogP contribution in [0.15, 0.2) is 48.5 Å². The monoisotopic (exact) mass is 279 g/mol. The van der Waals surface area contributed by atoms with Gasteiger partial charge in [0.25, 0.3) is 0 Å². The number of aliphatic hydroxyl groups is 1. The van der Waals surface area contributed by atoms with Crippen molar-refractivity contribution in [2.75, 3.05) is 13.7 Å². The average molecular weight is 279 g/mol. The molecule has 0 spiro atoms. The summed E-state index contributed by atoms with van der Waals surface area (Å²) in [5.41, 5.74) is 5.85. The number of fused-ring (bicyclic) bond motifs is 1. The molecule has 0 radical (unpaired) electrons. The highest BCUT2D eigenvalue weighted by Crippen LogP contribution is 2.49. The third kappa shape index (κ3) is 1.86. The Kier molecular flexibility index (Phi) is 3.09. The van der Waals surface area contributed by atoms with E-state index in [0.717, 1.165) is 12.8 Å². The zero-order chi connectivity index (χ0) is 14.4. The molecule has 0 saturated heterocycles. The Labute approximate surface area is 126 Å². The molecule has 2 bridgehead atoms. The first-order valence-corrected chi connectivity index (χ1v) is 7.80. The van der Waals surface area contributed by atoms with Crippen LogP contribution >= 0.6 is 0 Å². The lowest BCUT2D eigenvalue weighted by atomic mass is 9.78. The summed E-state index contributed by atoms with van der Waals surface area (Å²) < 4.78 is 0. The summed E-state index contributed by atoms with van der Waals surface area (Å²) in [7, 11) is 2.22. The maximum atomic E-state index is 9.53. The maximum absolute atomic E-state index is 9.53. The number of hydrogen-bond acceptors (Lipinski definition) is 2. The number of benzene rings is 2. The molecule has 2 aromatic rings. The number of nitrogens with zero attached hydrogens (tertiary/aromatic N) is 1. The summed E-state index contributed by atoms with van der Waals surface area (Å²) >= 11 is 0. The van der Waals surface area contributed by atoms with Crippen LogP contribution in [0, 0.1) is 0 Å². The van der Waals surface area contributed by atoms with Crippen LogP contribution < -0.4 is 0 Å². The first-order valence-electron chi connectivity index (χ1n) is 7.80. The molecule has 2 nitrogen and oxygen atoms in total. The van der Waals surface area contributed by atoms with Gasteiger partial charge in [0, 0.05) is 24.6 Å². The number of aliphatic hydroxyl groups excluding tert-OH is 1. The molecule has 21 heavy (non-hydrogen) atoms. The molecule has 0 fully saturated rings. The Balaban J connectivity index is 1.97. The number of hydrogen-bond donors (Lipinski definition) is 1. The lowest BCUT2D eigenvalue weighted by Crippen LogP contribution is -2.43. The van der Waals surface area contributed by atoms with E-state index in [1.54, 1.807) is 0 Å². The summed E-state index contributed by atoms with van der Waals surface area (Å²) in [6.45, 7) is 0.253. The van der Waals surface area contributed by atoms with Gasteiger partial charge in [0.05, 0.1) is 0 Å². The van der Waals surface area contributed by atoms with Crippen LogP contribution in [0.1, 0.15) is 40.6 Å². The van der Waals surface area contributed by atoms with Gasteiger partial charge in [0.15, 0.2) is 0 Å². The molecule has 108 valence electrons. The summed E-state index contributed by atoms with van der Waals surface area (Å²) in [6, 6.07) is 18.5. The zero-order valence-corrected chi connectivity index (χ0v) is 12.4. The Morgan fingerprint density at radius 3 is 2.43 bits per heavy atom. The smallest absolute Gasteiger partial charge is 0.0446 e. The molecule has 1 aliphatic carbocycles. The third-order valence-electron chi connectivity index (χ3n) is 5.32. The summed E-state index contributed by atoms with van der Waals surface area (Å²) in [6.07, 6.45) is 1.91. The van der Waals surface area contributed by atoms with Gasteiger partial charge in [0.2, 0.25) is 0 Å². The number of likely N-dealkylation sites (N-methyl/N-ethyl adjacent to an activating group) is 1. The third-order valence-corrected chi connectivity index (χ3v) is 5.32. The maximum Gasteiger partial charge on any atom is 0.0446 e. The predicted octanol–water partition coefficient (Wildman–Crippen LogP) is 3.11. The topological polar surface area (TPSA) is 23.5 Å². The molecule has 0 aromatic heterocycles. The lowest BCUT2D eigenvalue weighted by molar-refractivity contribution is 0.119. The molecule has 3 aliphatic rings. The fourth-order valence-corrected chi connectivity index (χ4v) is 4.35. The molecule has 1 N–H and O–H groups in total. The van der Waals surface area contributed by atoms with Gasteiger partial charge in [-0.05, 0) is 42.1 Å². The van der Waals surface area contributed by atoms with E-state index in [9.17, 15) is 5.11 Å². The molecule has 5 rings (SSSR count). The largest absolute Gasteiger partial charge is 0.396 e. The van der Waals surface area contributed by atoms with Crippen molar-refractivity contribution >= 4 is 0 Å². The van der Waals surface area contributed by atoms with Gasteiger partial charge in [-0.25, -0.2) is 0 Å². The second-order valence-electron chi connectivity index (χ2n) is 6.27. The molecule has 0 amide bonds. The summed E-state index contributed by atoms with van der Waals surface area (Å²) in [5, 5.41) is 9.53.